The van der Waals surface area contributed by atoms with Gasteiger partial charge >= 0.3 is 13.8 Å². The molecule has 0 aromatic carbocycles. The third-order valence-corrected chi connectivity index (χ3v) is 8.22. The normalized spacial score (nSPS) is 13.9. The van der Waals surface area contributed by atoms with Crippen molar-refractivity contribution in [2.75, 3.05) is 13.2 Å². The molecule has 2 atom stereocenters. The number of esters is 1. The molecule has 0 aliphatic heterocycles. The summed E-state index contributed by atoms with van der Waals surface area (Å²) < 4.78 is 26.5. The zero-order valence-corrected chi connectivity index (χ0v) is 31.1. The van der Waals surface area contributed by atoms with Crippen molar-refractivity contribution in [1.82, 2.24) is 0 Å². The summed E-state index contributed by atoms with van der Waals surface area (Å²) in [6, 6.07) is 0. The Bertz CT molecular complexity index is 921. The Balaban J connectivity index is 4.14. The smallest absolute Gasteiger partial charge is 0.469 e. The van der Waals surface area contributed by atoms with E-state index in [1.807, 2.05) is 18.2 Å². The lowest BCUT2D eigenvalue weighted by Crippen LogP contribution is -2.27. The minimum absolute atomic E-state index is 0.0554. The van der Waals surface area contributed by atoms with Crippen molar-refractivity contribution in [3.63, 3.8) is 0 Å². The first-order valence-corrected chi connectivity index (χ1v) is 20.3. The van der Waals surface area contributed by atoms with Crippen molar-refractivity contribution in [1.29, 1.82) is 0 Å². The summed E-state index contributed by atoms with van der Waals surface area (Å²) in [5.74, 6) is -0.544. The highest BCUT2D eigenvalue weighted by Crippen LogP contribution is 2.35. The number of phosphoric ester groups is 1. The van der Waals surface area contributed by atoms with Crippen LogP contribution in [0.3, 0.4) is 0 Å². The Labute approximate surface area is 293 Å². The lowest BCUT2D eigenvalue weighted by atomic mass is 10.0. The summed E-state index contributed by atoms with van der Waals surface area (Å²) in [6.07, 6.45) is 41.8. The number of carbonyl (C=O) groups excluding carboxylic acids is 1. The third-order valence-electron chi connectivity index (χ3n) is 7.74. The summed E-state index contributed by atoms with van der Waals surface area (Å²) in [7, 11) is -4.72. The van der Waals surface area contributed by atoms with Crippen LogP contribution in [0.5, 0.6) is 0 Å². The van der Waals surface area contributed by atoms with Crippen LogP contribution in [0.25, 0.3) is 0 Å². The van der Waals surface area contributed by atoms with Crippen LogP contribution in [0.4, 0.5) is 0 Å². The van der Waals surface area contributed by atoms with E-state index in [0.717, 1.165) is 32.1 Å². The van der Waals surface area contributed by atoms with E-state index in [1.54, 1.807) is 12.2 Å². The summed E-state index contributed by atoms with van der Waals surface area (Å²) in [5.41, 5.74) is 0. The number of unbranched alkanes of at least 4 members (excludes halogenated alkanes) is 15. The molecule has 0 saturated carbocycles. The van der Waals surface area contributed by atoms with E-state index in [0.29, 0.717) is 12.8 Å². The molecule has 0 heterocycles. The average molecular weight is 697 g/mol. The lowest BCUT2D eigenvalue weighted by molar-refractivity contribution is -0.153. The largest absolute Gasteiger partial charge is 0.498 e. The Morgan fingerprint density at radius 2 is 1.21 bits per heavy atom. The number of hydrogen-bond acceptors (Lipinski definition) is 6. The Kier molecular flexibility index (Phi) is 33.5. The predicted octanol–water partition coefficient (Wildman–Crippen LogP) is 10.7. The van der Waals surface area contributed by atoms with Crippen LogP contribution >= 0.6 is 7.82 Å². The van der Waals surface area contributed by atoms with Gasteiger partial charge in [-0.05, 0) is 57.4 Å². The molecule has 0 fully saturated rings. The molecule has 0 unspecified atom stereocenters. The van der Waals surface area contributed by atoms with Crippen LogP contribution in [0.15, 0.2) is 60.9 Å². The van der Waals surface area contributed by atoms with Gasteiger partial charge in [0.05, 0.1) is 19.0 Å². The van der Waals surface area contributed by atoms with E-state index in [-0.39, 0.29) is 13.0 Å². The lowest BCUT2D eigenvalue weighted by Gasteiger charge is -2.18. The zero-order valence-electron chi connectivity index (χ0n) is 30.2. The van der Waals surface area contributed by atoms with Gasteiger partial charge in [-0.2, -0.15) is 0 Å². The molecule has 9 heteroatoms. The molecule has 0 rings (SSSR count). The van der Waals surface area contributed by atoms with Crippen molar-refractivity contribution >= 4 is 13.8 Å². The molecule has 48 heavy (non-hydrogen) atoms. The van der Waals surface area contributed by atoms with Crippen molar-refractivity contribution < 1.29 is 38.3 Å². The summed E-state index contributed by atoms with van der Waals surface area (Å²) in [6.45, 7) is 3.90. The van der Waals surface area contributed by atoms with E-state index in [9.17, 15) is 14.5 Å². The second kappa shape index (κ2) is 34.9. The highest BCUT2D eigenvalue weighted by Gasteiger charge is 2.21. The van der Waals surface area contributed by atoms with Gasteiger partial charge in [0.15, 0.2) is 6.10 Å². The molecule has 0 aliphatic rings. The maximum atomic E-state index is 12.4. The van der Waals surface area contributed by atoms with Gasteiger partial charge in [-0.25, -0.2) is 4.57 Å². The van der Waals surface area contributed by atoms with Crippen LogP contribution in [0.2, 0.25) is 0 Å². The standard InChI is InChI=1S/C39H69O8P/c1-3-5-7-9-11-13-15-17-19-21-23-25-27-29-34-45-35-38(36-46-48(42,43)44)47-39(41)33-30-32-37(40)31-28-26-24-22-20-18-16-14-12-10-8-6-4-2/h12,14,18,20,24,26,28-29,31,34,37-38,40H,3-11,13,15-17,19,21-23,25,27,30,32-33,35-36H2,1-2H3,(H2,42,43,44)/b14-12-,20-18-,26-24-,31-28+,34-29+/t37-,38+/m0/s1. The average Bonchev–Trinajstić information content (AvgIpc) is 3.05. The number of hydrogen-bond donors (Lipinski definition) is 3. The molecule has 0 saturated heterocycles. The van der Waals surface area contributed by atoms with Gasteiger partial charge in [-0.15, -0.1) is 0 Å². The molecule has 8 nitrogen and oxygen atoms in total. The van der Waals surface area contributed by atoms with Crippen molar-refractivity contribution in [2.24, 2.45) is 0 Å². The van der Waals surface area contributed by atoms with Crippen LogP contribution in [-0.2, 0) is 23.4 Å². The first-order chi connectivity index (χ1) is 23.3. The Hall–Kier alpha value is -1.96. The fourth-order valence-corrected chi connectivity index (χ4v) is 5.28. The zero-order chi connectivity index (χ0) is 35.4. The van der Waals surface area contributed by atoms with Gasteiger partial charge in [-0.1, -0.05) is 146 Å². The van der Waals surface area contributed by atoms with Gasteiger partial charge in [0.25, 0.3) is 0 Å². The minimum atomic E-state index is -4.72. The van der Waals surface area contributed by atoms with Crippen LogP contribution in [0.1, 0.15) is 155 Å². The van der Waals surface area contributed by atoms with E-state index in [1.165, 1.54) is 96.2 Å². The van der Waals surface area contributed by atoms with Gasteiger partial charge in [-0.3, -0.25) is 9.32 Å². The molecule has 3 N–H and O–H groups in total. The van der Waals surface area contributed by atoms with E-state index in [2.05, 4.69) is 42.7 Å². The second-order valence-electron chi connectivity index (χ2n) is 12.5. The van der Waals surface area contributed by atoms with Crippen molar-refractivity contribution in [3.05, 3.63) is 60.9 Å². The predicted molar refractivity (Wildman–Crippen MR) is 198 cm³/mol. The topological polar surface area (TPSA) is 123 Å². The highest BCUT2D eigenvalue weighted by atomic mass is 31.2. The van der Waals surface area contributed by atoms with Crippen molar-refractivity contribution in [2.45, 2.75) is 167 Å². The first kappa shape index (κ1) is 46.0. The van der Waals surface area contributed by atoms with Gasteiger partial charge in [0.1, 0.15) is 6.61 Å². The molecule has 0 radical (unpaired) electrons. The maximum Gasteiger partial charge on any atom is 0.469 e. The number of rotatable bonds is 34. The molecule has 0 aliphatic carbocycles. The fourth-order valence-electron chi connectivity index (χ4n) is 4.92. The number of aliphatic hydroxyl groups is 1. The van der Waals surface area contributed by atoms with Crippen LogP contribution < -0.4 is 0 Å². The molecule has 0 aromatic heterocycles. The molecule has 0 amide bonds. The molecule has 0 spiro atoms. The highest BCUT2D eigenvalue weighted by molar-refractivity contribution is 7.46. The molecule has 278 valence electrons. The molecular weight excluding hydrogens is 627 g/mol. The van der Waals surface area contributed by atoms with Gasteiger partial charge in [0.2, 0.25) is 0 Å². The third kappa shape index (κ3) is 36.9. The van der Waals surface area contributed by atoms with E-state index >= 15 is 0 Å². The number of aliphatic hydroxyl groups excluding tert-OH is 1. The number of ether oxygens (including phenoxy) is 2. The Morgan fingerprint density at radius 3 is 1.85 bits per heavy atom. The van der Waals surface area contributed by atoms with Gasteiger partial charge in [0, 0.05) is 6.42 Å². The van der Waals surface area contributed by atoms with E-state index < -0.39 is 32.6 Å². The number of allylic oxidation sites excluding steroid dienone is 8. The second-order valence-corrected chi connectivity index (χ2v) is 13.7. The number of carbonyl (C=O) groups is 1. The molecule has 0 bridgehead atoms. The van der Waals surface area contributed by atoms with E-state index in [4.69, 9.17) is 19.3 Å². The quantitative estimate of drug-likeness (QED) is 0.0152. The maximum absolute atomic E-state index is 12.4. The van der Waals surface area contributed by atoms with Gasteiger partial charge < -0.3 is 24.4 Å². The SMILES string of the molecule is CCCCC/C=C\C/C=C\C/C=C\C=C\[C@H](O)CCCC(=O)O[C@H](CO/C=C/CCCCCCCCCCCCCC)COP(=O)(O)O. The summed E-state index contributed by atoms with van der Waals surface area (Å²) in [5, 5.41) is 10.2. The van der Waals surface area contributed by atoms with Crippen LogP contribution in [0, 0.1) is 0 Å². The number of phosphoric acid groups is 1. The monoisotopic (exact) mass is 696 g/mol. The molecular formula is C39H69O8P. The van der Waals surface area contributed by atoms with Crippen LogP contribution in [-0.4, -0.2) is 46.3 Å². The minimum Gasteiger partial charge on any atom is -0.498 e. The molecule has 0 aromatic rings. The Morgan fingerprint density at radius 1 is 0.667 bits per heavy atom. The summed E-state index contributed by atoms with van der Waals surface area (Å²) >= 11 is 0. The summed E-state index contributed by atoms with van der Waals surface area (Å²) in [4.78, 5) is 30.5. The fraction of sp³-hybridized carbons (Fsp3) is 0.718. The van der Waals surface area contributed by atoms with Crippen molar-refractivity contribution in [3.8, 4) is 0 Å². The first-order valence-electron chi connectivity index (χ1n) is 18.8.